The molecule has 1 N–H and O–H groups in total. The Morgan fingerprint density at radius 3 is 2.69 bits per heavy atom. The lowest BCUT2D eigenvalue weighted by Gasteiger charge is -2.10. The van der Waals surface area contributed by atoms with E-state index >= 15 is 0 Å². The lowest BCUT2D eigenvalue weighted by atomic mass is 10.2. The molecule has 8 heteroatoms. The van der Waals surface area contributed by atoms with Gasteiger partial charge in [-0.05, 0) is 31.9 Å². The number of rotatable bonds is 10. The van der Waals surface area contributed by atoms with Crippen molar-refractivity contribution >= 4 is 17.5 Å². The maximum Gasteiger partial charge on any atom is 0.343 e. The van der Waals surface area contributed by atoms with E-state index in [2.05, 4.69) is 26.9 Å². The normalized spacial score (nSPS) is 11.1. The molecule has 3 aromatic rings. The Morgan fingerprint density at radius 2 is 1.97 bits per heavy atom. The summed E-state index contributed by atoms with van der Waals surface area (Å²) in [6, 6.07) is 12.1. The van der Waals surface area contributed by atoms with Crippen molar-refractivity contribution in [3.8, 4) is 0 Å². The molecule has 0 amide bonds. The third kappa shape index (κ3) is 5.07. The topological polar surface area (TPSA) is 81.9 Å². The molecule has 29 heavy (non-hydrogen) atoms. The van der Waals surface area contributed by atoms with Gasteiger partial charge in [-0.25, -0.2) is 9.89 Å². The second-order valence-corrected chi connectivity index (χ2v) is 7.82. The number of aryl methyl sites for hydroxylation is 1. The number of nitrogens with zero attached hydrogens (tertiary/aromatic N) is 3. The summed E-state index contributed by atoms with van der Waals surface area (Å²) < 4.78 is 8.74. The summed E-state index contributed by atoms with van der Waals surface area (Å²) in [6.07, 6.45) is 0.706. The molecule has 2 aromatic heterocycles. The summed E-state index contributed by atoms with van der Waals surface area (Å²) in [5.74, 6) is 0.255. The van der Waals surface area contributed by atoms with Crippen LogP contribution in [0.1, 0.15) is 33.7 Å². The van der Waals surface area contributed by atoms with E-state index in [4.69, 9.17) is 4.74 Å². The van der Waals surface area contributed by atoms with Gasteiger partial charge < -0.3 is 9.30 Å². The number of aromatic amines is 1. The van der Waals surface area contributed by atoms with Crippen molar-refractivity contribution in [2.45, 2.75) is 38.5 Å². The van der Waals surface area contributed by atoms with Gasteiger partial charge in [0, 0.05) is 43.8 Å². The Hall–Kier alpha value is -2.58. The first-order valence-corrected chi connectivity index (χ1v) is 10.5. The van der Waals surface area contributed by atoms with Crippen LogP contribution in [0.15, 0.2) is 46.3 Å². The number of nitrogens with one attached hydrogen (secondary N) is 1. The summed E-state index contributed by atoms with van der Waals surface area (Å²) >= 11 is 1.28. The number of Topliss-reactive ketones (excluding diaryl/α,β-unsaturated/α-hetero) is 1. The molecule has 0 saturated carbocycles. The van der Waals surface area contributed by atoms with Crippen molar-refractivity contribution in [1.29, 1.82) is 0 Å². The highest BCUT2D eigenvalue weighted by Crippen LogP contribution is 2.21. The molecule has 0 radical (unpaired) electrons. The van der Waals surface area contributed by atoms with Gasteiger partial charge >= 0.3 is 5.69 Å². The zero-order chi connectivity index (χ0) is 20.8. The molecular formula is C21H26N4O3S. The smallest absolute Gasteiger partial charge is 0.343 e. The maximum atomic E-state index is 12.9. The van der Waals surface area contributed by atoms with Gasteiger partial charge in [0.05, 0.1) is 5.75 Å². The zero-order valence-electron chi connectivity index (χ0n) is 17.0. The van der Waals surface area contributed by atoms with Crippen molar-refractivity contribution in [2.24, 2.45) is 0 Å². The highest BCUT2D eigenvalue weighted by Gasteiger charge is 2.18. The molecule has 1 aromatic carbocycles. The van der Waals surface area contributed by atoms with Crippen molar-refractivity contribution in [1.82, 2.24) is 19.3 Å². The van der Waals surface area contributed by atoms with E-state index < -0.39 is 0 Å². The fourth-order valence-corrected chi connectivity index (χ4v) is 4.13. The highest BCUT2D eigenvalue weighted by molar-refractivity contribution is 7.99. The van der Waals surface area contributed by atoms with Gasteiger partial charge in [-0.2, -0.15) is 0 Å². The minimum absolute atomic E-state index is 0.0290. The second-order valence-electron chi connectivity index (χ2n) is 6.88. The predicted octanol–water partition coefficient (Wildman–Crippen LogP) is 3.05. The fourth-order valence-electron chi connectivity index (χ4n) is 3.28. The Labute approximate surface area is 174 Å². The molecule has 0 aliphatic carbocycles. The van der Waals surface area contributed by atoms with Crippen LogP contribution in [0.5, 0.6) is 0 Å². The van der Waals surface area contributed by atoms with Gasteiger partial charge in [-0.3, -0.25) is 9.36 Å². The number of carbonyl (C=O) groups excluding carboxylic acids is 1. The Morgan fingerprint density at radius 1 is 1.21 bits per heavy atom. The van der Waals surface area contributed by atoms with Gasteiger partial charge in [0.15, 0.2) is 10.9 Å². The minimum Gasteiger partial charge on any atom is -0.385 e. The van der Waals surface area contributed by atoms with Crippen LogP contribution < -0.4 is 5.69 Å². The average molecular weight is 415 g/mol. The van der Waals surface area contributed by atoms with Crippen LogP contribution in [0.4, 0.5) is 0 Å². The molecule has 0 fully saturated rings. The molecule has 154 valence electrons. The van der Waals surface area contributed by atoms with E-state index in [-0.39, 0.29) is 17.2 Å². The Bertz CT molecular complexity index is 1020. The largest absolute Gasteiger partial charge is 0.385 e. The molecular weight excluding hydrogens is 388 g/mol. The number of methoxy groups -OCH3 is 1. The van der Waals surface area contributed by atoms with Crippen molar-refractivity contribution in [3.63, 3.8) is 0 Å². The quantitative estimate of drug-likeness (QED) is 0.313. The number of ketones is 1. The molecule has 0 saturated heterocycles. The number of aromatic nitrogens is 4. The monoisotopic (exact) mass is 414 g/mol. The van der Waals surface area contributed by atoms with Gasteiger partial charge in [0.25, 0.3) is 0 Å². The summed E-state index contributed by atoms with van der Waals surface area (Å²) in [4.78, 5) is 24.8. The lowest BCUT2D eigenvalue weighted by molar-refractivity contribution is 0.102. The van der Waals surface area contributed by atoms with Crippen LogP contribution in [-0.4, -0.2) is 44.6 Å². The second kappa shape index (κ2) is 9.76. The summed E-state index contributed by atoms with van der Waals surface area (Å²) in [5.41, 5.74) is 3.65. The standard InChI is InChI=1S/C21H26N4O3S/c1-15-12-18(16(2)25(15)13-17-8-5-4-6-9-17)19(26)14-29-21-23-22-20(27)24(21)10-7-11-28-3/h4-6,8-9,12H,7,10-11,13-14H2,1-3H3,(H,22,27). The maximum absolute atomic E-state index is 12.9. The van der Waals surface area contributed by atoms with Crippen molar-refractivity contribution in [2.75, 3.05) is 19.5 Å². The van der Waals surface area contributed by atoms with Crippen LogP contribution in [0, 0.1) is 13.8 Å². The van der Waals surface area contributed by atoms with Crippen LogP contribution in [-0.2, 0) is 17.8 Å². The van der Waals surface area contributed by atoms with Gasteiger partial charge in [0.2, 0.25) is 0 Å². The number of hydrogen-bond acceptors (Lipinski definition) is 5. The van der Waals surface area contributed by atoms with E-state index in [1.807, 2.05) is 38.1 Å². The predicted molar refractivity (Wildman–Crippen MR) is 114 cm³/mol. The van der Waals surface area contributed by atoms with E-state index in [0.29, 0.717) is 24.7 Å². The van der Waals surface area contributed by atoms with E-state index in [1.165, 1.54) is 17.3 Å². The Kier molecular flexibility index (Phi) is 7.11. The number of thioether (sulfide) groups is 1. The SMILES string of the molecule is COCCCn1c(SCC(=O)c2cc(C)n(Cc3ccccc3)c2C)n[nH]c1=O. The molecule has 2 heterocycles. The Balaban J connectivity index is 1.69. The minimum atomic E-state index is -0.267. The van der Waals surface area contributed by atoms with Gasteiger partial charge in [0.1, 0.15) is 0 Å². The molecule has 0 spiro atoms. The first kappa shape index (κ1) is 21.1. The number of ether oxygens (including phenoxy) is 1. The third-order valence-electron chi connectivity index (χ3n) is 4.84. The third-order valence-corrected chi connectivity index (χ3v) is 5.82. The summed E-state index contributed by atoms with van der Waals surface area (Å²) in [7, 11) is 1.63. The van der Waals surface area contributed by atoms with Crippen LogP contribution in [0.25, 0.3) is 0 Å². The number of H-pyrrole nitrogens is 1. The van der Waals surface area contributed by atoms with Crippen LogP contribution >= 0.6 is 11.8 Å². The summed E-state index contributed by atoms with van der Waals surface area (Å²) in [5, 5.41) is 7.04. The van der Waals surface area contributed by atoms with Gasteiger partial charge in [-0.15, -0.1) is 5.10 Å². The molecule has 0 unspecified atom stereocenters. The number of carbonyl (C=O) groups is 1. The van der Waals surface area contributed by atoms with E-state index in [1.54, 1.807) is 11.7 Å². The van der Waals surface area contributed by atoms with Crippen molar-refractivity contribution in [3.05, 3.63) is 69.4 Å². The molecule has 0 aliphatic heterocycles. The van der Waals surface area contributed by atoms with Crippen LogP contribution in [0.3, 0.4) is 0 Å². The molecule has 3 rings (SSSR count). The average Bonchev–Trinajstić information content (AvgIpc) is 3.21. The number of hydrogen-bond donors (Lipinski definition) is 1. The highest BCUT2D eigenvalue weighted by atomic mass is 32.2. The summed E-state index contributed by atoms with van der Waals surface area (Å²) in [6.45, 7) is 5.79. The zero-order valence-corrected chi connectivity index (χ0v) is 17.8. The first-order valence-electron chi connectivity index (χ1n) is 9.52. The first-order chi connectivity index (χ1) is 14.0. The van der Waals surface area contributed by atoms with E-state index in [9.17, 15) is 9.59 Å². The molecule has 0 atom stereocenters. The van der Waals surface area contributed by atoms with Crippen molar-refractivity contribution < 1.29 is 9.53 Å². The number of benzene rings is 1. The fraction of sp³-hybridized carbons (Fsp3) is 0.381. The van der Waals surface area contributed by atoms with Crippen LogP contribution in [0.2, 0.25) is 0 Å². The molecule has 0 bridgehead atoms. The van der Waals surface area contributed by atoms with E-state index in [0.717, 1.165) is 23.5 Å². The molecule has 7 nitrogen and oxygen atoms in total. The molecule has 0 aliphatic rings. The van der Waals surface area contributed by atoms with Gasteiger partial charge in [-0.1, -0.05) is 42.1 Å². The lowest BCUT2D eigenvalue weighted by Crippen LogP contribution is -2.18.